The summed E-state index contributed by atoms with van der Waals surface area (Å²) >= 11 is 5.81. The monoisotopic (exact) mass is 198 g/mol. The van der Waals surface area contributed by atoms with Crippen molar-refractivity contribution in [1.82, 2.24) is 0 Å². The van der Waals surface area contributed by atoms with Crippen LogP contribution in [0.2, 0.25) is 0 Å². The maximum absolute atomic E-state index is 5.81. The maximum Gasteiger partial charge on any atom is 0.126 e. The number of hydrogen-bond donors (Lipinski definition) is 0. The van der Waals surface area contributed by atoms with Crippen LogP contribution in [0.3, 0.4) is 0 Å². The van der Waals surface area contributed by atoms with Crippen molar-refractivity contribution in [2.75, 3.05) is 0 Å². The molecule has 0 unspecified atom stereocenters. The SMILES string of the molecule is Cc1cccc(CCl)c1OC(C)C. The molecule has 0 N–H and O–H groups in total. The number of rotatable bonds is 3. The van der Waals surface area contributed by atoms with Gasteiger partial charge in [0.1, 0.15) is 5.75 Å². The van der Waals surface area contributed by atoms with Crippen LogP contribution in [-0.4, -0.2) is 6.10 Å². The number of para-hydroxylation sites is 1. The quantitative estimate of drug-likeness (QED) is 0.676. The molecule has 0 aliphatic rings. The van der Waals surface area contributed by atoms with Gasteiger partial charge in [-0.3, -0.25) is 0 Å². The molecule has 13 heavy (non-hydrogen) atoms. The summed E-state index contributed by atoms with van der Waals surface area (Å²) in [5.41, 5.74) is 2.21. The summed E-state index contributed by atoms with van der Waals surface area (Å²) in [6, 6.07) is 6.03. The summed E-state index contributed by atoms with van der Waals surface area (Å²) < 4.78 is 5.68. The fraction of sp³-hybridized carbons (Fsp3) is 0.455. The lowest BCUT2D eigenvalue weighted by Gasteiger charge is -2.15. The molecule has 0 radical (unpaired) electrons. The molecule has 0 aliphatic carbocycles. The normalized spacial score (nSPS) is 10.5. The summed E-state index contributed by atoms with van der Waals surface area (Å²) in [5.74, 6) is 1.44. The van der Waals surface area contributed by atoms with Gasteiger partial charge in [0, 0.05) is 5.56 Å². The van der Waals surface area contributed by atoms with E-state index >= 15 is 0 Å². The fourth-order valence-electron chi connectivity index (χ4n) is 1.22. The molecule has 0 bridgehead atoms. The van der Waals surface area contributed by atoms with Gasteiger partial charge in [0.2, 0.25) is 0 Å². The van der Waals surface area contributed by atoms with Crippen molar-refractivity contribution in [1.29, 1.82) is 0 Å². The van der Waals surface area contributed by atoms with E-state index in [1.54, 1.807) is 0 Å². The molecule has 1 aromatic rings. The number of halogens is 1. The molecule has 1 nitrogen and oxygen atoms in total. The van der Waals surface area contributed by atoms with Gasteiger partial charge in [-0.2, -0.15) is 0 Å². The number of benzene rings is 1. The third-order valence-corrected chi connectivity index (χ3v) is 2.08. The molecule has 0 saturated carbocycles. The molecule has 0 fully saturated rings. The van der Waals surface area contributed by atoms with E-state index in [2.05, 4.69) is 0 Å². The van der Waals surface area contributed by atoms with Gasteiger partial charge < -0.3 is 4.74 Å². The minimum Gasteiger partial charge on any atom is -0.490 e. The van der Waals surface area contributed by atoms with Gasteiger partial charge in [-0.1, -0.05) is 18.2 Å². The van der Waals surface area contributed by atoms with Crippen LogP contribution in [0.25, 0.3) is 0 Å². The van der Waals surface area contributed by atoms with E-state index in [0.717, 1.165) is 16.9 Å². The zero-order valence-corrected chi connectivity index (χ0v) is 9.06. The van der Waals surface area contributed by atoms with Gasteiger partial charge >= 0.3 is 0 Å². The third kappa shape index (κ3) is 2.63. The number of alkyl halides is 1. The van der Waals surface area contributed by atoms with Crippen LogP contribution in [0.5, 0.6) is 5.75 Å². The van der Waals surface area contributed by atoms with E-state index in [1.165, 1.54) is 0 Å². The van der Waals surface area contributed by atoms with Gasteiger partial charge in [-0.15, -0.1) is 11.6 Å². The van der Waals surface area contributed by atoms with Crippen LogP contribution in [0, 0.1) is 6.92 Å². The van der Waals surface area contributed by atoms with Crippen molar-refractivity contribution in [2.45, 2.75) is 32.8 Å². The fourth-order valence-corrected chi connectivity index (χ4v) is 1.43. The summed E-state index contributed by atoms with van der Waals surface area (Å²) in [4.78, 5) is 0. The van der Waals surface area contributed by atoms with Crippen molar-refractivity contribution >= 4 is 11.6 Å². The molecule has 0 saturated heterocycles. The zero-order valence-electron chi connectivity index (χ0n) is 8.30. The molecular weight excluding hydrogens is 184 g/mol. The van der Waals surface area contributed by atoms with Crippen molar-refractivity contribution in [3.05, 3.63) is 29.3 Å². The van der Waals surface area contributed by atoms with E-state index in [4.69, 9.17) is 16.3 Å². The number of ether oxygens (including phenoxy) is 1. The van der Waals surface area contributed by atoms with Gasteiger partial charge in [0.25, 0.3) is 0 Å². The Kier molecular flexibility index (Phi) is 3.61. The van der Waals surface area contributed by atoms with Gasteiger partial charge in [-0.25, -0.2) is 0 Å². The first-order valence-corrected chi connectivity index (χ1v) is 4.99. The molecular formula is C11H15ClO. The Labute approximate surface area is 84.7 Å². The first kappa shape index (κ1) is 10.4. The summed E-state index contributed by atoms with van der Waals surface area (Å²) in [7, 11) is 0. The zero-order chi connectivity index (χ0) is 9.84. The van der Waals surface area contributed by atoms with Crippen LogP contribution < -0.4 is 4.74 Å². The Bertz CT molecular complexity index is 281. The predicted octanol–water partition coefficient (Wildman–Crippen LogP) is 3.52. The number of aryl methyl sites for hydroxylation is 1. The molecule has 1 rings (SSSR count). The van der Waals surface area contributed by atoms with Gasteiger partial charge in [0.15, 0.2) is 0 Å². The second-order valence-electron chi connectivity index (χ2n) is 3.36. The van der Waals surface area contributed by atoms with Gasteiger partial charge in [0.05, 0.1) is 12.0 Å². The average molecular weight is 199 g/mol. The Morgan fingerprint density at radius 3 is 2.62 bits per heavy atom. The first-order valence-electron chi connectivity index (χ1n) is 4.46. The Morgan fingerprint density at radius 2 is 2.08 bits per heavy atom. The van der Waals surface area contributed by atoms with Crippen LogP contribution in [0.15, 0.2) is 18.2 Å². The average Bonchev–Trinajstić information content (AvgIpc) is 2.08. The van der Waals surface area contributed by atoms with Gasteiger partial charge in [-0.05, 0) is 26.3 Å². The summed E-state index contributed by atoms with van der Waals surface area (Å²) in [5, 5.41) is 0. The highest BCUT2D eigenvalue weighted by Gasteiger charge is 2.06. The van der Waals surface area contributed by atoms with E-state index in [9.17, 15) is 0 Å². The molecule has 72 valence electrons. The highest BCUT2D eigenvalue weighted by molar-refractivity contribution is 6.17. The number of hydrogen-bond acceptors (Lipinski definition) is 1. The minimum atomic E-state index is 0.197. The van der Waals surface area contributed by atoms with Crippen molar-refractivity contribution in [3.63, 3.8) is 0 Å². The molecule has 0 aromatic heterocycles. The topological polar surface area (TPSA) is 9.23 Å². The molecule has 0 heterocycles. The van der Waals surface area contributed by atoms with Crippen molar-refractivity contribution < 1.29 is 4.74 Å². The smallest absolute Gasteiger partial charge is 0.126 e. The lowest BCUT2D eigenvalue weighted by Crippen LogP contribution is -2.08. The van der Waals surface area contributed by atoms with E-state index in [1.807, 2.05) is 39.0 Å². The highest BCUT2D eigenvalue weighted by atomic mass is 35.5. The Morgan fingerprint density at radius 1 is 1.38 bits per heavy atom. The molecule has 0 amide bonds. The predicted molar refractivity (Wildman–Crippen MR) is 56.5 cm³/mol. The lowest BCUT2D eigenvalue weighted by atomic mass is 10.1. The van der Waals surface area contributed by atoms with E-state index in [0.29, 0.717) is 5.88 Å². The standard InChI is InChI=1S/C11H15ClO/c1-8(2)13-11-9(3)5-4-6-10(11)7-12/h4-6,8H,7H2,1-3H3. The van der Waals surface area contributed by atoms with Crippen LogP contribution in [0.4, 0.5) is 0 Å². The molecule has 0 aliphatic heterocycles. The summed E-state index contributed by atoms with van der Waals surface area (Å²) in [6.07, 6.45) is 0.197. The maximum atomic E-state index is 5.81. The van der Waals surface area contributed by atoms with Crippen molar-refractivity contribution in [2.24, 2.45) is 0 Å². The van der Waals surface area contributed by atoms with Crippen LogP contribution in [-0.2, 0) is 5.88 Å². The first-order chi connectivity index (χ1) is 6.15. The molecule has 0 atom stereocenters. The van der Waals surface area contributed by atoms with Crippen LogP contribution >= 0.6 is 11.6 Å². The summed E-state index contributed by atoms with van der Waals surface area (Å²) in [6.45, 7) is 6.07. The molecule has 1 aromatic carbocycles. The minimum absolute atomic E-state index is 0.197. The third-order valence-electron chi connectivity index (χ3n) is 1.79. The van der Waals surface area contributed by atoms with Crippen molar-refractivity contribution in [3.8, 4) is 5.75 Å². The second-order valence-corrected chi connectivity index (χ2v) is 3.63. The molecule has 0 spiro atoms. The van der Waals surface area contributed by atoms with E-state index < -0.39 is 0 Å². The largest absolute Gasteiger partial charge is 0.490 e. The Balaban J connectivity index is 3.00. The highest BCUT2D eigenvalue weighted by Crippen LogP contribution is 2.25. The second kappa shape index (κ2) is 4.52. The molecule has 2 heteroatoms. The van der Waals surface area contributed by atoms with Crippen LogP contribution in [0.1, 0.15) is 25.0 Å². The Hall–Kier alpha value is -0.690. The van der Waals surface area contributed by atoms with E-state index in [-0.39, 0.29) is 6.10 Å². The lowest BCUT2D eigenvalue weighted by molar-refractivity contribution is 0.239.